The van der Waals surface area contributed by atoms with Gasteiger partial charge in [0.15, 0.2) is 5.82 Å². The van der Waals surface area contributed by atoms with Crippen LogP contribution < -0.4 is 5.32 Å². The van der Waals surface area contributed by atoms with Crippen molar-refractivity contribution < 1.29 is 4.52 Å². The minimum absolute atomic E-state index is 0.449. The van der Waals surface area contributed by atoms with Crippen molar-refractivity contribution in [3.63, 3.8) is 0 Å². The number of hydrogen-bond donors (Lipinski definition) is 1. The monoisotopic (exact) mass is 255 g/mol. The molecular weight excluding hydrogens is 234 g/mol. The lowest BCUT2D eigenvalue weighted by Gasteiger charge is -2.17. The summed E-state index contributed by atoms with van der Waals surface area (Å²) >= 11 is 1.95. The summed E-state index contributed by atoms with van der Waals surface area (Å²) in [5.74, 6) is 2.82. The predicted molar refractivity (Wildman–Crippen MR) is 69.9 cm³/mol. The Morgan fingerprint density at radius 1 is 1.53 bits per heavy atom. The van der Waals surface area contributed by atoms with Crippen molar-refractivity contribution in [2.75, 3.05) is 5.75 Å². The maximum atomic E-state index is 5.28. The van der Waals surface area contributed by atoms with E-state index in [2.05, 4.69) is 29.3 Å². The number of aromatic nitrogens is 2. The van der Waals surface area contributed by atoms with Gasteiger partial charge in [0.25, 0.3) is 0 Å². The van der Waals surface area contributed by atoms with E-state index in [9.17, 15) is 0 Å². The van der Waals surface area contributed by atoms with Crippen molar-refractivity contribution >= 4 is 11.8 Å². The number of nitrogens with zero attached hydrogens (tertiary/aromatic N) is 2. The fraction of sp³-hybridized carbons (Fsp3) is 0.833. The second-order valence-electron chi connectivity index (χ2n) is 4.59. The molecule has 1 aromatic rings. The van der Waals surface area contributed by atoms with Crippen LogP contribution in [-0.4, -0.2) is 21.9 Å². The third kappa shape index (κ3) is 3.71. The van der Waals surface area contributed by atoms with E-state index in [1.54, 1.807) is 0 Å². The van der Waals surface area contributed by atoms with Crippen LogP contribution >= 0.6 is 11.8 Å². The van der Waals surface area contributed by atoms with Crippen molar-refractivity contribution in [1.29, 1.82) is 0 Å². The number of rotatable bonds is 5. The van der Waals surface area contributed by atoms with Crippen LogP contribution in [0, 0.1) is 0 Å². The third-order valence-corrected chi connectivity index (χ3v) is 4.54. The highest BCUT2D eigenvalue weighted by molar-refractivity contribution is 7.99. The van der Waals surface area contributed by atoms with Gasteiger partial charge < -0.3 is 9.84 Å². The summed E-state index contributed by atoms with van der Waals surface area (Å²) in [6, 6.07) is 0.495. The van der Waals surface area contributed by atoms with Crippen LogP contribution in [0.3, 0.4) is 0 Å². The lowest BCUT2D eigenvalue weighted by molar-refractivity contribution is 0.353. The van der Waals surface area contributed by atoms with Gasteiger partial charge in [0, 0.05) is 6.04 Å². The van der Waals surface area contributed by atoms with E-state index in [-0.39, 0.29) is 0 Å². The second kappa shape index (κ2) is 6.40. The van der Waals surface area contributed by atoms with Gasteiger partial charge in [0.05, 0.1) is 11.8 Å². The van der Waals surface area contributed by atoms with Crippen molar-refractivity contribution in [2.24, 2.45) is 0 Å². The van der Waals surface area contributed by atoms with E-state index in [1.807, 2.05) is 11.8 Å². The van der Waals surface area contributed by atoms with Gasteiger partial charge >= 0.3 is 0 Å². The molecule has 1 fully saturated rings. The Morgan fingerprint density at radius 3 is 3.12 bits per heavy atom. The molecule has 0 amide bonds. The molecule has 1 N–H and O–H groups in total. The Hall–Kier alpha value is -0.550. The van der Waals surface area contributed by atoms with Gasteiger partial charge in [-0.1, -0.05) is 18.5 Å². The molecular formula is C12H21N3OS. The highest BCUT2D eigenvalue weighted by Gasteiger charge is 2.21. The summed E-state index contributed by atoms with van der Waals surface area (Å²) in [6.45, 7) is 5.00. The van der Waals surface area contributed by atoms with E-state index in [1.165, 1.54) is 25.0 Å². The van der Waals surface area contributed by atoms with Crippen molar-refractivity contribution in [1.82, 2.24) is 15.5 Å². The van der Waals surface area contributed by atoms with Crippen LogP contribution in [0.1, 0.15) is 56.5 Å². The molecule has 5 heteroatoms. The lowest BCUT2D eigenvalue weighted by Crippen LogP contribution is -2.24. The molecule has 2 rings (SSSR count). The summed E-state index contributed by atoms with van der Waals surface area (Å²) in [6.07, 6.45) is 4.90. The van der Waals surface area contributed by atoms with Crippen LogP contribution in [0.2, 0.25) is 0 Å². The zero-order valence-corrected chi connectivity index (χ0v) is 11.4. The molecule has 0 aromatic carbocycles. The standard InChI is InChI=1S/C12H21N3OS/c1-3-9(2)13-8-11-14-12(15-16-11)10-6-4-5-7-17-10/h9-10,13H,3-8H2,1-2H3. The Morgan fingerprint density at radius 2 is 2.41 bits per heavy atom. The van der Waals surface area contributed by atoms with E-state index in [0.29, 0.717) is 23.7 Å². The highest BCUT2D eigenvalue weighted by Crippen LogP contribution is 2.36. The van der Waals surface area contributed by atoms with E-state index < -0.39 is 0 Å². The number of hydrogen-bond acceptors (Lipinski definition) is 5. The zero-order valence-electron chi connectivity index (χ0n) is 10.6. The van der Waals surface area contributed by atoms with Gasteiger partial charge in [-0.3, -0.25) is 0 Å². The quantitative estimate of drug-likeness (QED) is 0.876. The van der Waals surface area contributed by atoms with Crippen LogP contribution in [0.15, 0.2) is 4.52 Å². The predicted octanol–water partition coefficient (Wildman–Crippen LogP) is 2.92. The van der Waals surface area contributed by atoms with Gasteiger partial charge in [-0.05, 0) is 31.9 Å². The largest absolute Gasteiger partial charge is 0.338 e. The van der Waals surface area contributed by atoms with Crippen LogP contribution in [-0.2, 0) is 6.54 Å². The average molecular weight is 255 g/mol. The molecule has 96 valence electrons. The van der Waals surface area contributed by atoms with Crippen LogP contribution in [0.4, 0.5) is 0 Å². The first-order chi connectivity index (χ1) is 8.29. The minimum atomic E-state index is 0.449. The topological polar surface area (TPSA) is 51.0 Å². The summed E-state index contributed by atoms with van der Waals surface area (Å²) in [5, 5.41) is 7.91. The second-order valence-corrected chi connectivity index (χ2v) is 5.90. The molecule has 1 saturated heterocycles. The molecule has 1 aromatic heterocycles. The highest BCUT2D eigenvalue weighted by atomic mass is 32.2. The van der Waals surface area contributed by atoms with Crippen LogP contribution in [0.25, 0.3) is 0 Å². The van der Waals surface area contributed by atoms with Gasteiger partial charge in [0.2, 0.25) is 5.89 Å². The van der Waals surface area contributed by atoms with Crippen molar-refractivity contribution in [2.45, 2.75) is 57.4 Å². The first-order valence-electron chi connectivity index (χ1n) is 6.47. The Kier molecular flexibility index (Phi) is 4.86. The molecule has 4 nitrogen and oxygen atoms in total. The average Bonchev–Trinajstić information content (AvgIpc) is 2.86. The molecule has 17 heavy (non-hydrogen) atoms. The summed E-state index contributed by atoms with van der Waals surface area (Å²) in [5.41, 5.74) is 0. The van der Waals surface area contributed by atoms with E-state index in [4.69, 9.17) is 4.52 Å². The first kappa shape index (κ1) is 12.9. The number of nitrogens with one attached hydrogen (secondary N) is 1. The molecule has 0 aliphatic carbocycles. The van der Waals surface area contributed by atoms with Gasteiger partial charge in [-0.25, -0.2) is 0 Å². The first-order valence-corrected chi connectivity index (χ1v) is 7.52. The SMILES string of the molecule is CCC(C)NCc1nc(C2CCCCS2)no1. The van der Waals surface area contributed by atoms with E-state index >= 15 is 0 Å². The molecule has 2 atom stereocenters. The maximum absolute atomic E-state index is 5.28. The Balaban J connectivity index is 1.86. The summed E-state index contributed by atoms with van der Waals surface area (Å²) < 4.78 is 5.28. The fourth-order valence-electron chi connectivity index (χ4n) is 1.82. The van der Waals surface area contributed by atoms with Crippen molar-refractivity contribution in [3.05, 3.63) is 11.7 Å². The van der Waals surface area contributed by atoms with Gasteiger partial charge in [-0.2, -0.15) is 16.7 Å². The molecule has 0 radical (unpaired) electrons. The molecule has 1 aliphatic heterocycles. The number of thioether (sulfide) groups is 1. The van der Waals surface area contributed by atoms with Gasteiger partial charge in [-0.15, -0.1) is 0 Å². The fourth-order valence-corrected chi connectivity index (χ4v) is 3.05. The van der Waals surface area contributed by atoms with Gasteiger partial charge in [0.1, 0.15) is 0 Å². The zero-order chi connectivity index (χ0) is 12.1. The van der Waals surface area contributed by atoms with E-state index in [0.717, 1.165) is 12.2 Å². The molecule has 0 bridgehead atoms. The molecule has 2 heterocycles. The van der Waals surface area contributed by atoms with Crippen molar-refractivity contribution in [3.8, 4) is 0 Å². The third-order valence-electron chi connectivity index (χ3n) is 3.17. The minimum Gasteiger partial charge on any atom is -0.338 e. The molecule has 1 aliphatic rings. The summed E-state index contributed by atoms with van der Waals surface area (Å²) in [7, 11) is 0. The van der Waals surface area contributed by atoms with Crippen LogP contribution in [0.5, 0.6) is 0 Å². The maximum Gasteiger partial charge on any atom is 0.240 e. The lowest BCUT2D eigenvalue weighted by atomic mass is 10.2. The normalized spacial score (nSPS) is 22.6. The molecule has 0 spiro atoms. The summed E-state index contributed by atoms with van der Waals surface area (Å²) in [4.78, 5) is 4.48. The molecule has 0 saturated carbocycles. The Bertz CT molecular complexity index is 336. The smallest absolute Gasteiger partial charge is 0.240 e. The molecule has 2 unspecified atom stereocenters. The Labute approximate surface area is 107 Å².